The smallest absolute Gasteiger partial charge is 0.298 e. The molecule has 1 aliphatic rings. The Labute approximate surface area is 94.5 Å². The van der Waals surface area contributed by atoms with Crippen molar-refractivity contribution in [1.29, 1.82) is 0 Å². The minimum absolute atomic E-state index is 0.199. The molecule has 0 amide bonds. The van der Waals surface area contributed by atoms with Gasteiger partial charge in [0.25, 0.3) is 0 Å². The molecule has 0 atom stereocenters. The highest BCUT2D eigenvalue weighted by molar-refractivity contribution is 7.95. The maximum atomic E-state index is 12.6. The molecule has 7 heteroatoms. The van der Waals surface area contributed by atoms with Crippen molar-refractivity contribution in [2.45, 2.75) is 11.1 Å². The third-order valence-electron chi connectivity index (χ3n) is 2.33. The minimum Gasteiger partial charge on any atom is -0.298 e. The van der Waals surface area contributed by atoms with Crippen LogP contribution in [0.5, 0.6) is 0 Å². The summed E-state index contributed by atoms with van der Waals surface area (Å²) in [7, 11) is -4.19. The van der Waals surface area contributed by atoms with Crippen LogP contribution in [0.1, 0.15) is 11.1 Å². The van der Waals surface area contributed by atoms with Crippen molar-refractivity contribution in [2.75, 3.05) is 0 Å². The van der Waals surface area contributed by atoms with Gasteiger partial charge in [0.2, 0.25) is 9.84 Å². The molecule has 17 heavy (non-hydrogen) atoms. The predicted octanol–water partition coefficient (Wildman–Crippen LogP) is 2.03. The van der Waals surface area contributed by atoms with Crippen LogP contribution in [0.3, 0.4) is 0 Å². The second kappa shape index (κ2) is 3.43. The Kier molecular flexibility index (Phi) is 2.39. The summed E-state index contributed by atoms with van der Waals surface area (Å²) in [5.41, 5.74) is -1.70. The molecule has 0 saturated carbocycles. The second-order valence-electron chi connectivity index (χ2n) is 3.42. The van der Waals surface area contributed by atoms with E-state index in [0.29, 0.717) is 11.5 Å². The number of carbonyl (C=O) groups is 1. The van der Waals surface area contributed by atoms with E-state index in [1.54, 1.807) is 0 Å². The summed E-state index contributed by atoms with van der Waals surface area (Å²) in [6.45, 7) is 0. The van der Waals surface area contributed by atoms with Gasteiger partial charge in [-0.1, -0.05) is 12.1 Å². The standard InChI is InChI=1S/C10H5F3O3S/c11-10(12,13)8-3-1-2-7-6(4-14)5-17(15,16)9(7)8/h1-5H. The Morgan fingerprint density at radius 2 is 1.82 bits per heavy atom. The van der Waals surface area contributed by atoms with Crippen molar-refractivity contribution in [3.8, 4) is 0 Å². The molecular weight excluding hydrogens is 257 g/mol. The average Bonchev–Trinajstić information content (AvgIpc) is 2.49. The highest BCUT2D eigenvalue weighted by Gasteiger charge is 2.40. The molecule has 1 aromatic carbocycles. The summed E-state index contributed by atoms with van der Waals surface area (Å²) in [4.78, 5) is 9.77. The van der Waals surface area contributed by atoms with E-state index >= 15 is 0 Å². The molecule has 0 N–H and O–H groups in total. The van der Waals surface area contributed by atoms with Gasteiger partial charge in [-0.25, -0.2) is 8.42 Å². The summed E-state index contributed by atoms with van der Waals surface area (Å²) in [6.07, 6.45) is -4.55. The molecule has 1 heterocycles. The molecule has 0 spiro atoms. The minimum atomic E-state index is -4.77. The van der Waals surface area contributed by atoms with Crippen molar-refractivity contribution >= 4 is 21.7 Å². The first kappa shape index (κ1) is 11.8. The van der Waals surface area contributed by atoms with Crippen LogP contribution in [0, 0.1) is 0 Å². The number of hydrogen-bond donors (Lipinski definition) is 0. The Bertz CT molecular complexity index is 627. The lowest BCUT2D eigenvalue weighted by molar-refractivity contribution is -0.139. The summed E-state index contributed by atoms with van der Waals surface area (Å²) in [5, 5.41) is 0.555. The summed E-state index contributed by atoms with van der Waals surface area (Å²) in [5.74, 6) is 0. The molecule has 3 nitrogen and oxygen atoms in total. The third kappa shape index (κ3) is 1.76. The van der Waals surface area contributed by atoms with Crippen molar-refractivity contribution < 1.29 is 26.4 Å². The van der Waals surface area contributed by atoms with Gasteiger partial charge in [0, 0.05) is 16.5 Å². The Balaban J connectivity index is 2.85. The molecule has 0 aromatic heterocycles. The van der Waals surface area contributed by atoms with E-state index in [0.717, 1.165) is 6.07 Å². The van der Waals surface area contributed by atoms with Gasteiger partial charge >= 0.3 is 6.18 Å². The summed E-state index contributed by atoms with van der Waals surface area (Å²) in [6, 6.07) is 2.92. The summed E-state index contributed by atoms with van der Waals surface area (Å²) < 4.78 is 61.0. The molecule has 90 valence electrons. The molecule has 1 aliphatic heterocycles. The largest absolute Gasteiger partial charge is 0.417 e. The Morgan fingerprint density at radius 1 is 1.18 bits per heavy atom. The number of carbonyl (C=O) groups excluding carboxylic acids is 1. The van der Waals surface area contributed by atoms with Gasteiger partial charge in [-0.15, -0.1) is 0 Å². The fourth-order valence-electron chi connectivity index (χ4n) is 1.67. The van der Waals surface area contributed by atoms with E-state index in [2.05, 4.69) is 0 Å². The van der Waals surface area contributed by atoms with Crippen LogP contribution in [0.15, 0.2) is 28.5 Å². The molecule has 0 bridgehead atoms. The first-order chi connectivity index (χ1) is 7.77. The van der Waals surface area contributed by atoms with E-state index in [9.17, 15) is 26.4 Å². The number of alkyl halides is 3. The maximum absolute atomic E-state index is 12.6. The lowest BCUT2D eigenvalue weighted by Gasteiger charge is -2.11. The molecule has 1 aromatic rings. The highest BCUT2D eigenvalue weighted by atomic mass is 32.2. The maximum Gasteiger partial charge on any atom is 0.417 e. The molecule has 0 aliphatic carbocycles. The zero-order chi connectivity index (χ0) is 12.8. The zero-order valence-electron chi connectivity index (χ0n) is 8.15. The molecule has 0 unspecified atom stereocenters. The predicted molar refractivity (Wildman–Crippen MR) is 52.7 cm³/mol. The van der Waals surface area contributed by atoms with Gasteiger partial charge in [0.05, 0.1) is 10.5 Å². The highest BCUT2D eigenvalue weighted by Crippen LogP contribution is 2.41. The second-order valence-corrected chi connectivity index (χ2v) is 5.15. The number of rotatable bonds is 1. The van der Waals surface area contributed by atoms with Gasteiger partial charge in [-0.2, -0.15) is 13.2 Å². The van der Waals surface area contributed by atoms with Crippen molar-refractivity contribution in [3.63, 3.8) is 0 Å². The third-order valence-corrected chi connectivity index (χ3v) is 3.90. The van der Waals surface area contributed by atoms with Gasteiger partial charge in [-0.3, -0.25) is 4.79 Å². The first-order valence-corrected chi connectivity index (χ1v) is 5.94. The van der Waals surface area contributed by atoms with E-state index < -0.39 is 26.5 Å². The Morgan fingerprint density at radius 3 is 2.35 bits per heavy atom. The van der Waals surface area contributed by atoms with Crippen LogP contribution < -0.4 is 0 Å². The van der Waals surface area contributed by atoms with Crippen molar-refractivity contribution in [3.05, 3.63) is 34.7 Å². The monoisotopic (exact) mass is 262 g/mol. The number of aldehydes is 1. The summed E-state index contributed by atoms with van der Waals surface area (Å²) >= 11 is 0. The fraction of sp³-hybridized carbons (Fsp3) is 0.100. The number of hydrogen-bond acceptors (Lipinski definition) is 3. The van der Waals surface area contributed by atoms with Crippen LogP contribution >= 0.6 is 0 Å². The average molecular weight is 262 g/mol. The SMILES string of the molecule is O=CC1=CS(=O)(=O)c2c1cccc2C(F)(F)F. The normalized spacial score (nSPS) is 17.5. The molecule has 0 radical (unpaired) electrons. The van der Waals surface area contributed by atoms with Crippen molar-refractivity contribution in [2.24, 2.45) is 0 Å². The molecule has 0 saturated heterocycles. The van der Waals surface area contributed by atoms with Gasteiger partial charge < -0.3 is 0 Å². The number of halogens is 3. The number of benzene rings is 1. The lowest BCUT2D eigenvalue weighted by atomic mass is 10.1. The van der Waals surface area contributed by atoms with Gasteiger partial charge in [0.15, 0.2) is 6.29 Å². The molecule has 0 fully saturated rings. The van der Waals surface area contributed by atoms with Crippen LogP contribution in [0.4, 0.5) is 13.2 Å². The zero-order valence-corrected chi connectivity index (χ0v) is 8.97. The topological polar surface area (TPSA) is 51.2 Å². The lowest BCUT2D eigenvalue weighted by Crippen LogP contribution is -2.11. The van der Waals surface area contributed by atoms with Crippen molar-refractivity contribution in [1.82, 2.24) is 0 Å². The van der Waals surface area contributed by atoms with Crippen LogP contribution in [-0.2, 0) is 20.8 Å². The van der Waals surface area contributed by atoms with Crippen LogP contribution in [-0.4, -0.2) is 14.7 Å². The number of sulfone groups is 1. The Hall–Kier alpha value is -1.63. The quantitative estimate of drug-likeness (QED) is 0.728. The van der Waals surface area contributed by atoms with Gasteiger partial charge in [0.1, 0.15) is 0 Å². The van der Waals surface area contributed by atoms with E-state index in [-0.39, 0.29) is 17.4 Å². The fourth-order valence-corrected chi connectivity index (χ4v) is 3.29. The molecular formula is C10H5F3O3S. The van der Waals surface area contributed by atoms with Gasteiger partial charge in [-0.05, 0) is 6.07 Å². The van der Waals surface area contributed by atoms with Crippen LogP contribution in [0.25, 0.3) is 5.57 Å². The first-order valence-electron chi connectivity index (χ1n) is 4.40. The van der Waals surface area contributed by atoms with E-state index in [1.807, 2.05) is 0 Å². The van der Waals surface area contributed by atoms with E-state index in [1.165, 1.54) is 6.07 Å². The van der Waals surface area contributed by atoms with Crippen LogP contribution in [0.2, 0.25) is 0 Å². The van der Waals surface area contributed by atoms with E-state index in [4.69, 9.17) is 0 Å². The molecule has 2 rings (SSSR count). The number of fused-ring (bicyclic) bond motifs is 1. The number of allylic oxidation sites excluding steroid dienone is 1.